The van der Waals surface area contributed by atoms with Crippen LogP contribution >= 0.6 is 0 Å². The molecule has 1 aliphatic heterocycles. The smallest absolute Gasteiger partial charge is 0.164 e. The molecule has 0 bridgehead atoms. The maximum Gasteiger partial charge on any atom is 0.164 e. The van der Waals surface area contributed by atoms with Gasteiger partial charge in [0.1, 0.15) is 5.75 Å². The van der Waals surface area contributed by atoms with Crippen LogP contribution in [0, 0.1) is 0 Å². The van der Waals surface area contributed by atoms with Gasteiger partial charge in [-0.15, -0.1) is 0 Å². The molecule has 1 N–H and O–H groups in total. The lowest BCUT2D eigenvalue weighted by atomic mass is 10.1. The Labute approximate surface area is 120 Å². The lowest BCUT2D eigenvalue weighted by molar-refractivity contribution is 0.197. The van der Waals surface area contributed by atoms with Gasteiger partial charge in [0, 0.05) is 43.9 Å². The van der Waals surface area contributed by atoms with E-state index < -0.39 is 0 Å². The van der Waals surface area contributed by atoms with Crippen LogP contribution < -0.4 is 19.5 Å². The average molecular weight is 280 g/mol. The third-order valence-corrected chi connectivity index (χ3v) is 3.63. The van der Waals surface area contributed by atoms with E-state index in [0.29, 0.717) is 11.8 Å². The Hall–Kier alpha value is -1.46. The molecule has 1 aromatic rings. The number of methoxy groups -OCH3 is 3. The van der Waals surface area contributed by atoms with Gasteiger partial charge in [-0.3, -0.25) is 4.90 Å². The molecule has 0 radical (unpaired) electrons. The molecule has 1 fully saturated rings. The standard InChI is InChI=1S/C15H24N2O3/c1-11-9-17(6-5-16-11)10-12-7-14(19-3)15(20-4)8-13(12)18-2/h7-8,11,16H,5-6,9-10H2,1-4H3. The third-order valence-electron chi connectivity index (χ3n) is 3.63. The van der Waals surface area contributed by atoms with E-state index in [0.717, 1.165) is 43.2 Å². The molecule has 1 aliphatic rings. The van der Waals surface area contributed by atoms with Crippen molar-refractivity contribution in [3.63, 3.8) is 0 Å². The van der Waals surface area contributed by atoms with Crippen molar-refractivity contribution < 1.29 is 14.2 Å². The second-order valence-corrected chi connectivity index (χ2v) is 5.11. The minimum absolute atomic E-state index is 0.523. The van der Waals surface area contributed by atoms with E-state index in [1.807, 2.05) is 12.1 Å². The Bertz CT molecular complexity index is 451. The van der Waals surface area contributed by atoms with E-state index in [-0.39, 0.29) is 0 Å². The van der Waals surface area contributed by atoms with Crippen LogP contribution in [0.5, 0.6) is 17.2 Å². The Morgan fingerprint density at radius 3 is 2.35 bits per heavy atom. The number of rotatable bonds is 5. The van der Waals surface area contributed by atoms with Crippen molar-refractivity contribution in [1.29, 1.82) is 0 Å². The summed E-state index contributed by atoms with van der Waals surface area (Å²) in [6.07, 6.45) is 0. The van der Waals surface area contributed by atoms with Crippen molar-refractivity contribution in [2.75, 3.05) is 41.0 Å². The summed E-state index contributed by atoms with van der Waals surface area (Å²) in [5, 5.41) is 3.45. The monoisotopic (exact) mass is 280 g/mol. The number of ether oxygens (including phenoxy) is 3. The summed E-state index contributed by atoms with van der Waals surface area (Å²) in [6.45, 7) is 6.17. The van der Waals surface area contributed by atoms with Gasteiger partial charge in [-0.25, -0.2) is 0 Å². The van der Waals surface area contributed by atoms with Crippen molar-refractivity contribution in [2.24, 2.45) is 0 Å². The van der Waals surface area contributed by atoms with Crippen LogP contribution in [0.15, 0.2) is 12.1 Å². The summed E-state index contributed by atoms with van der Waals surface area (Å²) in [7, 11) is 4.97. The van der Waals surface area contributed by atoms with E-state index in [4.69, 9.17) is 14.2 Å². The molecule has 1 saturated heterocycles. The molecule has 0 amide bonds. The van der Waals surface area contributed by atoms with E-state index in [9.17, 15) is 0 Å². The molecule has 20 heavy (non-hydrogen) atoms. The highest BCUT2D eigenvalue weighted by Gasteiger charge is 2.19. The van der Waals surface area contributed by atoms with Gasteiger partial charge in [0.15, 0.2) is 11.5 Å². The fourth-order valence-electron chi connectivity index (χ4n) is 2.61. The molecule has 1 heterocycles. The van der Waals surface area contributed by atoms with Crippen LogP contribution in [0.1, 0.15) is 12.5 Å². The van der Waals surface area contributed by atoms with Crippen molar-refractivity contribution >= 4 is 0 Å². The largest absolute Gasteiger partial charge is 0.496 e. The fourth-order valence-corrected chi connectivity index (χ4v) is 2.61. The molecule has 5 heteroatoms. The summed E-state index contributed by atoms with van der Waals surface area (Å²) in [6, 6.07) is 4.42. The highest BCUT2D eigenvalue weighted by molar-refractivity contribution is 5.50. The number of nitrogens with one attached hydrogen (secondary N) is 1. The van der Waals surface area contributed by atoms with Gasteiger partial charge in [0.05, 0.1) is 21.3 Å². The normalized spacial score (nSPS) is 19.7. The molecule has 1 aromatic carbocycles. The first-order valence-corrected chi connectivity index (χ1v) is 6.92. The summed E-state index contributed by atoms with van der Waals surface area (Å²) >= 11 is 0. The SMILES string of the molecule is COc1cc(OC)c(OC)cc1CN1CCNC(C)C1. The maximum atomic E-state index is 5.48. The van der Waals surface area contributed by atoms with Crippen molar-refractivity contribution in [3.05, 3.63) is 17.7 Å². The first-order valence-electron chi connectivity index (χ1n) is 6.92. The van der Waals surface area contributed by atoms with Gasteiger partial charge in [-0.05, 0) is 13.0 Å². The highest BCUT2D eigenvalue weighted by atomic mass is 16.5. The van der Waals surface area contributed by atoms with Gasteiger partial charge in [-0.2, -0.15) is 0 Å². The van der Waals surface area contributed by atoms with Crippen LogP contribution in [0.2, 0.25) is 0 Å². The number of hydrogen-bond acceptors (Lipinski definition) is 5. The summed E-state index contributed by atoms with van der Waals surface area (Å²) < 4.78 is 16.2. The molecule has 1 unspecified atom stereocenters. The minimum atomic E-state index is 0.523. The molecular formula is C15H24N2O3. The third kappa shape index (κ3) is 3.35. The Kier molecular flexibility index (Phi) is 5.09. The molecule has 0 saturated carbocycles. The number of nitrogens with zero attached hydrogens (tertiary/aromatic N) is 1. The average Bonchev–Trinajstić information content (AvgIpc) is 2.46. The number of piperazine rings is 1. The minimum Gasteiger partial charge on any atom is -0.496 e. The second-order valence-electron chi connectivity index (χ2n) is 5.11. The first-order chi connectivity index (χ1) is 9.67. The van der Waals surface area contributed by atoms with Crippen molar-refractivity contribution in [2.45, 2.75) is 19.5 Å². The van der Waals surface area contributed by atoms with Gasteiger partial charge < -0.3 is 19.5 Å². The molecule has 0 aromatic heterocycles. The summed E-state index contributed by atoms with van der Waals surface area (Å²) in [5.41, 5.74) is 1.12. The molecule has 1 atom stereocenters. The zero-order valence-corrected chi connectivity index (χ0v) is 12.7. The van der Waals surface area contributed by atoms with E-state index in [1.54, 1.807) is 21.3 Å². The summed E-state index contributed by atoms with van der Waals surface area (Å²) in [4.78, 5) is 2.42. The van der Waals surface area contributed by atoms with Gasteiger partial charge in [0.25, 0.3) is 0 Å². The molecule has 5 nitrogen and oxygen atoms in total. The van der Waals surface area contributed by atoms with E-state index in [2.05, 4.69) is 17.1 Å². The Balaban J connectivity index is 2.21. The zero-order valence-electron chi connectivity index (χ0n) is 12.7. The first kappa shape index (κ1) is 14.9. The van der Waals surface area contributed by atoms with E-state index in [1.165, 1.54) is 0 Å². The van der Waals surface area contributed by atoms with Crippen LogP contribution in [-0.4, -0.2) is 51.9 Å². The lowest BCUT2D eigenvalue weighted by Crippen LogP contribution is -2.48. The number of hydrogen-bond donors (Lipinski definition) is 1. The zero-order chi connectivity index (χ0) is 14.5. The van der Waals surface area contributed by atoms with Gasteiger partial charge in [-0.1, -0.05) is 0 Å². The Morgan fingerprint density at radius 2 is 1.75 bits per heavy atom. The highest BCUT2D eigenvalue weighted by Crippen LogP contribution is 2.35. The predicted octanol–water partition coefficient (Wildman–Crippen LogP) is 1.51. The topological polar surface area (TPSA) is 43.0 Å². The molecule has 112 valence electrons. The molecule has 0 spiro atoms. The van der Waals surface area contributed by atoms with Gasteiger partial charge in [0.2, 0.25) is 0 Å². The molecular weight excluding hydrogens is 256 g/mol. The molecule has 0 aliphatic carbocycles. The van der Waals surface area contributed by atoms with Crippen LogP contribution in [-0.2, 0) is 6.54 Å². The second kappa shape index (κ2) is 6.81. The fraction of sp³-hybridized carbons (Fsp3) is 0.600. The van der Waals surface area contributed by atoms with Crippen molar-refractivity contribution in [3.8, 4) is 17.2 Å². The Morgan fingerprint density at radius 1 is 1.10 bits per heavy atom. The number of benzene rings is 1. The lowest BCUT2D eigenvalue weighted by Gasteiger charge is -2.32. The van der Waals surface area contributed by atoms with Crippen LogP contribution in [0.3, 0.4) is 0 Å². The maximum absolute atomic E-state index is 5.48. The van der Waals surface area contributed by atoms with E-state index >= 15 is 0 Å². The van der Waals surface area contributed by atoms with Crippen LogP contribution in [0.25, 0.3) is 0 Å². The van der Waals surface area contributed by atoms with Crippen molar-refractivity contribution in [1.82, 2.24) is 10.2 Å². The van der Waals surface area contributed by atoms with Gasteiger partial charge >= 0.3 is 0 Å². The molecule has 2 rings (SSSR count). The quantitative estimate of drug-likeness (QED) is 0.885. The predicted molar refractivity (Wildman–Crippen MR) is 78.8 cm³/mol. The van der Waals surface area contributed by atoms with Crippen LogP contribution in [0.4, 0.5) is 0 Å². The summed E-state index contributed by atoms with van der Waals surface area (Å²) in [5.74, 6) is 2.28.